The van der Waals surface area contributed by atoms with Crippen molar-refractivity contribution >= 4 is 12.6 Å². The molecule has 0 radical (unpaired) electrons. The Balaban J connectivity index is 1.97. The van der Waals surface area contributed by atoms with Gasteiger partial charge in [0.2, 0.25) is 0 Å². The van der Waals surface area contributed by atoms with Gasteiger partial charge in [-0.25, -0.2) is 0 Å². The van der Waals surface area contributed by atoms with Gasteiger partial charge in [-0.1, -0.05) is 6.07 Å². The average molecular weight is 306 g/mol. The van der Waals surface area contributed by atoms with Crippen LogP contribution in [0.1, 0.15) is 33.3 Å². The van der Waals surface area contributed by atoms with Gasteiger partial charge in [-0.2, -0.15) is 0 Å². The van der Waals surface area contributed by atoms with Crippen molar-refractivity contribution in [3.05, 3.63) is 17.7 Å². The van der Waals surface area contributed by atoms with Crippen LogP contribution in [-0.4, -0.2) is 38.8 Å². The van der Waals surface area contributed by atoms with E-state index in [1.807, 2.05) is 39.8 Å². The van der Waals surface area contributed by atoms with E-state index in [4.69, 9.17) is 23.5 Å². The Morgan fingerprint density at radius 2 is 1.82 bits per heavy atom. The number of fused-ring (bicyclic) bond motifs is 1. The molecule has 0 unspecified atom stereocenters. The van der Waals surface area contributed by atoms with Crippen LogP contribution in [0.5, 0.6) is 11.5 Å². The van der Waals surface area contributed by atoms with Crippen molar-refractivity contribution < 1.29 is 23.5 Å². The molecule has 5 nitrogen and oxygen atoms in total. The first-order chi connectivity index (χ1) is 10.4. The normalized spacial score (nSPS) is 21.6. The molecule has 22 heavy (non-hydrogen) atoms. The van der Waals surface area contributed by atoms with E-state index in [2.05, 4.69) is 0 Å². The highest BCUT2D eigenvalue weighted by Gasteiger charge is 2.52. The summed E-state index contributed by atoms with van der Waals surface area (Å²) in [5.74, 6) is 1.63. The molecule has 2 heterocycles. The zero-order valence-electron chi connectivity index (χ0n) is 13.9. The summed E-state index contributed by atoms with van der Waals surface area (Å²) in [7, 11) is 1.15. The summed E-state index contributed by atoms with van der Waals surface area (Å²) >= 11 is 0. The van der Waals surface area contributed by atoms with Crippen LogP contribution in [-0.2, 0) is 20.5 Å². The molecule has 0 aromatic heterocycles. The summed E-state index contributed by atoms with van der Waals surface area (Å²) in [5, 5.41) is 0. The summed E-state index contributed by atoms with van der Waals surface area (Å²) in [6.07, 6.45) is 0.821. The molecule has 2 aliphatic heterocycles. The number of rotatable bonds is 4. The lowest BCUT2D eigenvalue weighted by Crippen LogP contribution is -2.41. The fraction of sp³-hybridized carbons (Fsp3) is 0.625. The van der Waals surface area contributed by atoms with Crippen LogP contribution in [0.15, 0.2) is 12.1 Å². The molecule has 1 aromatic carbocycles. The van der Waals surface area contributed by atoms with Gasteiger partial charge in [0.1, 0.15) is 11.5 Å². The van der Waals surface area contributed by atoms with Crippen LogP contribution < -0.4 is 14.9 Å². The summed E-state index contributed by atoms with van der Waals surface area (Å²) in [5.41, 5.74) is 1.18. The molecule has 1 aromatic rings. The second kappa shape index (κ2) is 5.44. The van der Waals surface area contributed by atoms with Crippen molar-refractivity contribution in [2.24, 2.45) is 0 Å². The third kappa shape index (κ3) is 2.49. The lowest BCUT2D eigenvalue weighted by atomic mass is 9.77. The zero-order valence-corrected chi connectivity index (χ0v) is 13.9. The minimum Gasteiger partial charge on any atom is -0.493 e. The van der Waals surface area contributed by atoms with Gasteiger partial charge in [-0.15, -0.1) is 0 Å². The lowest BCUT2D eigenvalue weighted by Gasteiger charge is -2.32. The molecule has 2 aliphatic rings. The largest absolute Gasteiger partial charge is 0.498 e. The fourth-order valence-electron chi connectivity index (χ4n) is 2.71. The first-order valence-electron chi connectivity index (χ1n) is 7.62. The smallest absolute Gasteiger partial charge is 0.493 e. The number of hydrogen-bond acceptors (Lipinski definition) is 5. The topological polar surface area (TPSA) is 46.2 Å². The Kier molecular flexibility index (Phi) is 3.87. The van der Waals surface area contributed by atoms with Gasteiger partial charge in [0.25, 0.3) is 0 Å². The van der Waals surface area contributed by atoms with Crippen LogP contribution in [0, 0.1) is 0 Å². The third-order valence-corrected chi connectivity index (χ3v) is 4.69. The Hall–Kier alpha value is -1.24. The van der Waals surface area contributed by atoms with Gasteiger partial charge in [-0.05, 0) is 33.8 Å². The lowest BCUT2D eigenvalue weighted by molar-refractivity contribution is 0.00578. The van der Waals surface area contributed by atoms with Crippen molar-refractivity contribution in [2.45, 2.75) is 45.3 Å². The molecule has 0 aliphatic carbocycles. The Morgan fingerprint density at radius 1 is 1.14 bits per heavy atom. The van der Waals surface area contributed by atoms with E-state index in [0.29, 0.717) is 6.61 Å². The predicted octanol–water partition coefficient (Wildman–Crippen LogP) is 1.90. The van der Waals surface area contributed by atoms with Crippen LogP contribution >= 0.6 is 0 Å². The minimum absolute atomic E-state index is 0.183. The zero-order chi connectivity index (χ0) is 16.0. The van der Waals surface area contributed by atoms with E-state index < -0.39 is 7.12 Å². The monoisotopic (exact) mass is 306 g/mol. The summed E-state index contributed by atoms with van der Waals surface area (Å²) < 4.78 is 28.8. The van der Waals surface area contributed by atoms with E-state index in [0.717, 1.165) is 28.9 Å². The van der Waals surface area contributed by atoms with Crippen LogP contribution in [0.25, 0.3) is 0 Å². The molecule has 0 spiro atoms. The highest BCUT2D eigenvalue weighted by atomic mass is 16.7. The highest BCUT2D eigenvalue weighted by molar-refractivity contribution is 6.63. The summed E-state index contributed by atoms with van der Waals surface area (Å²) in [6.45, 7) is 9.02. The number of methoxy groups -OCH3 is 1. The summed E-state index contributed by atoms with van der Waals surface area (Å²) in [6, 6.07) is 3.92. The Bertz CT molecular complexity index is 554. The number of hydrogen-bond donors (Lipinski definition) is 0. The molecule has 1 fully saturated rings. The van der Waals surface area contributed by atoms with E-state index in [1.54, 1.807) is 7.11 Å². The molecule has 6 heteroatoms. The molecule has 1 saturated heterocycles. The molecule has 0 amide bonds. The Morgan fingerprint density at radius 3 is 2.45 bits per heavy atom. The maximum Gasteiger partial charge on any atom is 0.498 e. The molecular weight excluding hydrogens is 283 g/mol. The molecule has 0 N–H and O–H groups in total. The second-order valence-electron chi connectivity index (χ2n) is 6.70. The van der Waals surface area contributed by atoms with Crippen LogP contribution in [0.2, 0.25) is 0 Å². The quantitative estimate of drug-likeness (QED) is 0.628. The maximum atomic E-state index is 6.15. The van der Waals surface area contributed by atoms with Crippen molar-refractivity contribution in [1.82, 2.24) is 0 Å². The molecule has 120 valence electrons. The molecular formula is C16H23BO5. The first-order valence-corrected chi connectivity index (χ1v) is 7.62. The van der Waals surface area contributed by atoms with E-state index in [1.165, 1.54) is 0 Å². The van der Waals surface area contributed by atoms with E-state index >= 15 is 0 Å². The summed E-state index contributed by atoms with van der Waals surface area (Å²) in [4.78, 5) is 0. The van der Waals surface area contributed by atoms with E-state index in [9.17, 15) is 0 Å². The Labute approximate surface area is 132 Å². The van der Waals surface area contributed by atoms with Crippen molar-refractivity contribution in [3.8, 4) is 11.5 Å². The SMILES string of the molecule is COCOc1c(B2OC(C)(C)C(C)(C)O2)ccc2c1CCO2. The van der Waals surface area contributed by atoms with Gasteiger partial charge < -0.3 is 23.5 Å². The molecule has 0 atom stereocenters. The van der Waals surface area contributed by atoms with Crippen molar-refractivity contribution in [3.63, 3.8) is 0 Å². The van der Waals surface area contributed by atoms with Gasteiger partial charge in [0, 0.05) is 24.6 Å². The average Bonchev–Trinajstić information content (AvgIpc) is 2.98. The third-order valence-electron chi connectivity index (χ3n) is 4.69. The van der Waals surface area contributed by atoms with Gasteiger partial charge in [0.15, 0.2) is 6.79 Å². The van der Waals surface area contributed by atoms with Crippen molar-refractivity contribution in [1.29, 1.82) is 0 Å². The molecule has 0 bridgehead atoms. The number of benzene rings is 1. The van der Waals surface area contributed by atoms with Crippen LogP contribution in [0.3, 0.4) is 0 Å². The van der Waals surface area contributed by atoms with Crippen molar-refractivity contribution in [2.75, 3.05) is 20.5 Å². The number of ether oxygens (including phenoxy) is 3. The maximum absolute atomic E-state index is 6.15. The van der Waals surface area contributed by atoms with Gasteiger partial charge >= 0.3 is 7.12 Å². The van der Waals surface area contributed by atoms with Gasteiger partial charge in [-0.3, -0.25) is 0 Å². The minimum atomic E-state index is -0.456. The van der Waals surface area contributed by atoms with Crippen LogP contribution in [0.4, 0.5) is 0 Å². The predicted molar refractivity (Wildman–Crippen MR) is 83.9 cm³/mol. The molecule has 3 rings (SSSR count). The first kappa shape index (κ1) is 15.7. The van der Waals surface area contributed by atoms with E-state index in [-0.39, 0.29) is 18.0 Å². The standard InChI is InChI=1S/C16H23BO5/c1-15(2)16(3,4)22-17(21-15)12-6-7-13-11(8-9-19-13)14(12)20-10-18-5/h6-7H,8-10H2,1-5H3. The fourth-order valence-corrected chi connectivity index (χ4v) is 2.71. The molecule has 0 saturated carbocycles. The second-order valence-corrected chi connectivity index (χ2v) is 6.70. The van der Waals surface area contributed by atoms with Gasteiger partial charge in [0.05, 0.1) is 17.8 Å². The highest BCUT2D eigenvalue weighted by Crippen LogP contribution is 2.39.